The summed E-state index contributed by atoms with van der Waals surface area (Å²) in [5.74, 6) is -0.184. The number of nitrogen functional groups attached to an aromatic ring is 1. The van der Waals surface area contributed by atoms with Crippen LogP contribution in [-0.4, -0.2) is 63.9 Å². The first-order valence-corrected chi connectivity index (χ1v) is 12.5. The zero-order valence-electron chi connectivity index (χ0n) is 17.3. The van der Waals surface area contributed by atoms with Gasteiger partial charge in [-0.3, -0.25) is 18.9 Å². The summed E-state index contributed by atoms with van der Waals surface area (Å²) in [4.78, 5) is 41.4. The molecule has 180 valence electrons. The molecule has 34 heavy (non-hydrogen) atoms. The molecule has 3 aromatic heterocycles. The number of hydrogen-bond acceptors (Lipinski definition) is 10. The minimum atomic E-state index is -4.99. The molecule has 1 unspecified atom stereocenters. The molecule has 0 spiro atoms. The van der Waals surface area contributed by atoms with Crippen LogP contribution in [0.25, 0.3) is 21.3 Å². The average Bonchev–Trinajstić information content (AvgIpc) is 3.44. The zero-order valence-corrected chi connectivity index (χ0v) is 19.0. The van der Waals surface area contributed by atoms with Crippen molar-refractivity contribution in [2.75, 3.05) is 5.73 Å². The number of fused-ring (bicyclic) bond motifs is 2. The lowest BCUT2D eigenvalue weighted by Gasteiger charge is -2.26. The van der Waals surface area contributed by atoms with E-state index in [1.165, 1.54) is 22.2 Å². The molecular weight excluding hydrogens is 489 g/mol. The number of benzene rings is 1. The Kier molecular flexibility index (Phi) is 5.78. The van der Waals surface area contributed by atoms with E-state index in [4.69, 9.17) is 15.0 Å². The number of aliphatic hydroxyl groups excluding tert-OH is 2. The van der Waals surface area contributed by atoms with Gasteiger partial charge in [0.05, 0.1) is 6.33 Å². The van der Waals surface area contributed by atoms with E-state index >= 15 is 0 Å². The third-order valence-corrected chi connectivity index (χ3v) is 7.18. The number of aromatic nitrogens is 4. The quantitative estimate of drug-likeness (QED) is 0.194. The summed E-state index contributed by atoms with van der Waals surface area (Å²) in [6.45, 7) is 0. The second kappa shape index (κ2) is 8.52. The maximum absolute atomic E-state index is 12.1. The maximum atomic E-state index is 12.1. The van der Waals surface area contributed by atoms with E-state index < -0.39 is 44.0 Å². The Balaban J connectivity index is 1.50. The molecule has 1 aromatic carbocycles. The fourth-order valence-electron chi connectivity index (χ4n) is 4.15. The zero-order chi connectivity index (χ0) is 24.2. The number of thiophene rings is 1. The largest absolute Gasteiger partial charge is 0.469 e. The summed E-state index contributed by atoms with van der Waals surface area (Å²) >= 11 is 1.45. The molecule has 1 aliphatic rings. The molecule has 4 heterocycles. The smallest absolute Gasteiger partial charge is 0.387 e. The van der Waals surface area contributed by atoms with Crippen LogP contribution < -0.4 is 11.3 Å². The molecule has 5 rings (SSSR count). The van der Waals surface area contributed by atoms with Crippen molar-refractivity contribution in [2.45, 2.75) is 37.1 Å². The van der Waals surface area contributed by atoms with E-state index in [0.29, 0.717) is 0 Å². The standard InChI is InChI=1S/C19H20N5O8PS/c20-19-22-16-12(17(27)23-19)21-7-24(16)18-14(26)13(25)15(31-18)10(32-33(28,29)30)5-8-6-34-11-4-2-1-3-9(8)11/h1-4,6-7,10,13-15,18,25-26H,5H2,(H2,28,29,30)(H3,20,22,23,27)/t10?,13-,14+,15+,18+/m0/s1. The van der Waals surface area contributed by atoms with Gasteiger partial charge < -0.3 is 30.5 Å². The van der Waals surface area contributed by atoms with Crippen molar-refractivity contribution in [1.29, 1.82) is 0 Å². The predicted molar refractivity (Wildman–Crippen MR) is 121 cm³/mol. The molecule has 0 bridgehead atoms. The van der Waals surface area contributed by atoms with Crippen molar-refractivity contribution in [3.63, 3.8) is 0 Å². The number of aliphatic hydroxyl groups is 2. The Morgan fingerprint density at radius 3 is 2.82 bits per heavy atom. The predicted octanol–water partition coefficient (Wildman–Crippen LogP) is 0.256. The van der Waals surface area contributed by atoms with E-state index in [-0.39, 0.29) is 23.5 Å². The first kappa shape index (κ1) is 23.1. The van der Waals surface area contributed by atoms with Crippen LogP contribution in [0.15, 0.2) is 40.8 Å². The van der Waals surface area contributed by atoms with Crippen LogP contribution in [0.3, 0.4) is 0 Å². The topological polar surface area (TPSA) is 206 Å². The molecule has 1 fully saturated rings. The van der Waals surface area contributed by atoms with E-state index in [9.17, 15) is 29.4 Å². The molecule has 13 nitrogen and oxygen atoms in total. The molecule has 7 N–H and O–H groups in total. The third kappa shape index (κ3) is 4.15. The Bertz CT molecular complexity index is 1460. The van der Waals surface area contributed by atoms with Gasteiger partial charge in [-0.1, -0.05) is 18.2 Å². The highest BCUT2D eigenvalue weighted by atomic mass is 32.1. The monoisotopic (exact) mass is 509 g/mol. The van der Waals surface area contributed by atoms with Crippen LogP contribution in [0.4, 0.5) is 5.95 Å². The molecule has 1 aliphatic heterocycles. The number of rotatable bonds is 6. The van der Waals surface area contributed by atoms with E-state index in [2.05, 4.69) is 15.0 Å². The van der Waals surface area contributed by atoms with Crippen LogP contribution >= 0.6 is 19.2 Å². The van der Waals surface area contributed by atoms with Crippen LogP contribution in [0.1, 0.15) is 11.8 Å². The van der Waals surface area contributed by atoms with Gasteiger partial charge in [0.2, 0.25) is 5.95 Å². The number of phosphoric ester groups is 1. The molecule has 0 saturated carbocycles. The first-order valence-electron chi connectivity index (χ1n) is 10.1. The number of nitrogens with one attached hydrogen (secondary N) is 1. The van der Waals surface area contributed by atoms with Crippen molar-refractivity contribution in [3.8, 4) is 0 Å². The van der Waals surface area contributed by atoms with E-state index in [1.807, 2.05) is 29.6 Å². The Hall–Kier alpha value is -2.68. The SMILES string of the molecule is Nc1nc2c(ncn2[C@@H]2O[C@H](C(Cc3csc4ccccc34)OP(=O)(O)O)[C@@H](O)[C@H]2O)c(=O)[nH]1. The lowest BCUT2D eigenvalue weighted by atomic mass is 9.99. The number of imidazole rings is 1. The van der Waals surface area contributed by atoms with Crippen LogP contribution in [-0.2, 0) is 20.2 Å². The van der Waals surface area contributed by atoms with Gasteiger partial charge in [-0.15, -0.1) is 11.3 Å². The van der Waals surface area contributed by atoms with Gasteiger partial charge in [-0.2, -0.15) is 4.98 Å². The average molecular weight is 509 g/mol. The second-order valence-corrected chi connectivity index (χ2v) is 9.95. The van der Waals surface area contributed by atoms with Crippen molar-refractivity contribution < 1.29 is 33.8 Å². The molecule has 15 heteroatoms. The summed E-state index contributed by atoms with van der Waals surface area (Å²) in [7, 11) is -4.99. The van der Waals surface area contributed by atoms with E-state index in [1.54, 1.807) is 0 Å². The molecule has 0 amide bonds. The molecule has 5 atom stereocenters. The van der Waals surface area contributed by atoms with Gasteiger partial charge >= 0.3 is 7.82 Å². The van der Waals surface area contributed by atoms with Crippen molar-refractivity contribution in [1.82, 2.24) is 19.5 Å². The summed E-state index contributed by atoms with van der Waals surface area (Å²) in [6.07, 6.45) is -5.87. The van der Waals surface area contributed by atoms with Gasteiger partial charge in [0.15, 0.2) is 17.4 Å². The first-order chi connectivity index (χ1) is 16.1. The van der Waals surface area contributed by atoms with Crippen molar-refractivity contribution in [2.24, 2.45) is 0 Å². The van der Waals surface area contributed by atoms with Gasteiger partial charge in [0.1, 0.15) is 24.4 Å². The van der Waals surface area contributed by atoms with Gasteiger partial charge in [-0.25, -0.2) is 9.55 Å². The molecular formula is C19H20N5O8PS. The highest BCUT2D eigenvalue weighted by molar-refractivity contribution is 7.46. The minimum Gasteiger partial charge on any atom is -0.387 e. The number of hydrogen-bond donors (Lipinski definition) is 6. The lowest BCUT2D eigenvalue weighted by molar-refractivity contribution is -0.0805. The number of nitrogens with zero attached hydrogens (tertiary/aromatic N) is 3. The second-order valence-electron chi connectivity index (χ2n) is 7.84. The number of H-pyrrole nitrogens is 1. The molecule has 1 saturated heterocycles. The van der Waals surface area contributed by atoms with Gasteiger partial charge in [0.25, 0.3) is 5.56 Å². The minimum absolute atomic E-state index is 0.00810. The Labute approximate surface area is 194 Å². The normalized spacial score (nSPS) is 24.2. The summed E-state index contributed by atoms with van der Waals surface area (Å²) in [5.41, 5.74) is 5.70. The van der Waals surface area contributed by atoms with Gasteiger partial charge in [-0.05, 0) is 22.4 Å². The number of anilines is 1. The van der Waals surface area contributed by atoms with Gasteiger partial charge in [0, 0.05) is 11.1 Å². The fraction of sp³-hybridized carbons (Fsp3) is 0.316. The number of aromatic amines is 1. The highest BCUT2D eigenvalue weighted by Crippen LogP contribution is 2.43. The molecule has 4 aromatic rings. The molecule has 0 aliphatic carbocycles. The van der Waals surface area contributed by atoms with Crippen LogP contribution in [0.2, 0.25) is 0 Å². The molecule has 0 radical (unpaired) electrons. The Morgan fingerprint density at radius 1 is 1.29 bits per heavy atom. The number of phosphoric acid groups is 1. The maximum Gasteiger partial charge on any atom is 0.469 e. The summed E-state index contributed by atoms with van der Waals surface area (Å²) in [6, 6.07) is 7.49. The number of ether oxygens (including phenoxy) is 1. The van der Waals surface area contributed by atoms with Crippen molar-refractivity contribution in [3.05, 3.63) is 51.9 Å². The third-order valence-electron chi connectivity index (χ3n) is 5.62. The lowest BCUT2D eigenvalue weighted by Crippen LogP contribution is -2.40. The van der Waals surface area contributed by atoms with Crippen molar-refractivity contribution >= 4 is 46.4 Å². The summed E-state index contributed by atoms with van der Waals surface area (Å²) in [5, 5.41) is 24.2. The Morgan fingerprint density at radius 2 is 2.06 bits per heavy atom. The summed E-state index contributed by atoms with van der Waals surface area (Å²) < 4.78 is 24.8. The highest BCUT2D eigenvalue weighted by Gasteiger charge is 2.49. The van der Waals surface area contributed by atoms with E-state index in [0.717, 1.165) is 15.6 Å². The van der Waals surface area contributed by atoms with Crippen LogP contribution in [0, 0.1) is 0 Å². The fourth-order valence-corrected chi connectivity index (χ4v) is 5.67. The van der Waals surface area contributed by atoms with Crippen LogP contribution in [0.5, 0.6) is 0 Å². The number of nitrogens with two attached hydrogens (primary N) is 1.